The van der Waals surface area contributed by atoms with Crippen LogP contribution in [-0.2, 0) is 7.05 Å². The summed E-state index contributed by atoms with van der Waals surface area (Å²) >= 11 is 0. The first kappa shape index (κ1) is 21.5. The van der Waals surface area contributed by atoms with E-state index in [1.165, 1.54) is 21.2 Å². The van der Waals surface area contributed by atoms with Crippen molar-refractivity contribution in [1.82, 2.24) is 9.55 Å². The Morgan fingerprint density at radius 2 is 0.914 bits per heavy atom. The standard InChI is InChI=1S/C32H26N2P/c1-34-31-20-12-11-19-30(31)33-32(34)25-21-23-29(24-22-25)35(26-13-5-2-6-14-26,27-15-7-3-8-16-27)28-17-9-4-10-18-28/h2-24H,1H3/q+1. The zero-order valence-corrected chi connectivity index (χ0v) is 20.5. The van der Waals surface area contributed by atoms with Crippen molar-refractivity contribution in [2.24, 2.45) is 7.05 Å². The molecule has 0 atom stereocenters. The minimum atomic E-state index is -2.08. The predicted octanol–water partition coefficient (Wildman–Crippen LogP) is 5.86. The fourth-order valence-corrected chi connectivity index (χ4v) is 9.33. The highest BCUT2D eigenvalue weighted by atomic mass is 31.2. The van der Waals surface area contributed by atoms with Crippen LogP contribution in [0, 0.1) is 0 Å². The number of aryl methyl sites for hydroxylation is 1. The first-order valence-electron chi connectivity index (χ1n) is 11.9. The quantitative estimate of drug-likeness (QED) is 0.289. The van der Waals surface area contributed by atoms with Gasteiger partial charge in [0.2, 0.25) is 0 Å². The molecule has 0 saturated carbocycles. The molecule has 35 heavy (non-hydrogen) atoms. The monoisotopic (exact) mass is 469 g/mol. The molecule has 1 aromatic heterocycles. The van der Waals surface area contributed by atoms with Gasteiger partial charge in [-0.1, -0.05) is 66.7 Å². The Balaban J connectivity index is 1.59. The number of nitrogens with zero attached hydrogens (tertiary/aromatic N) is 2. The third-order valence-corrected chi connectivity index (χ3v) is 11.0. The maximum absolute atomic E-state index is 4.92. The number of rotatable bonds is 5. The molecule has 0 amide bonds. The Morgan fingerprint density at radius 3 is 1.40 bits per heavy atom. The van der Waals surface area contributed by atoms with Crippen LogP contribution in [0.4, 0.5) is 0 Å². The fraction of sp³-hybridized carbons (Fsp3) is 0.0312. The molecule has 0 spiro atoms. The van der Waals surface area contributed by atoms with Gasteiger partial charge < -0.3 is 4.57 Å². The van der Waals surface area contributed by atoms with Crippen LogP contribution in [0.1, 0.15) is 0 Å². The van der Waals surface area contributed by atoms with Crippen LogP contribution in [0.2, 0.25) is 0 Å². The van der Waals surface area contributed by atoms with Crippen molar-refractivity contribution in [3.8, 4) is 11.4 Å². The number of aromatic nitrogens is 2. The highest BCUT2D eigenvalue weighted by Gasteiger charge is 2.47. The number of fused-ring (bicyclic) bond motifs is 1. The van der Waals surface area contributed by atoms with Gasteiger partial charge in [0.05, 0.1) is 11.0 Å². The van der Waals surface area contributed by atoms with Crippen molar-refractivity contribution in [2.45, 2.75) is 0 Å². The Morgan fingerprint density at radius 1 is 0.486 bits per heavy atom. The van der Waals surface area contributed by atoms with Crippen LogP contribution < -0.4 is 21.2 Å². The van der Waals surface area contributed by atoms with Crippen molar-refractivity contribution in [2.75, 3.05) is 0 Å². The molecule has 6 rings (SSSR count). The number of hydrogen-bond donors (Lipinski definition) is 0. The van der Waals surface area contributed by atoms with Crippen LogP contribution in [0.5, 0.6) is 0 Å². The molecule has 0 aliphatic carbocycles. The van der Waals surface area contributed by atoms with Crippen molar-refractivity contribution < 1.29 is 0 Å². The Hall–Kier alpha value is -4.00. The van der Waals surface area contributed by atoms with Gasteiger partial charge in [-0.25, -0.2) is 4.98 Å². The van der Waals surface area contributed by atoms with Gasteiger partial charge in [-0.05, 0) is 72.8 Å². The molecule has 0 N–H and O–H groups in total. The summed E-state index contributed by atoms with van der Waals surface area (Å²) in [6, 6.07) is 50.4. The molecule has 0 fully saturated rings. The van der Waals surface area contributed by atoms with Crippen LogP contribution in [0.3, 0.4) is 0 Å². The molecule has 1 heterocycles. The van der Waals surface area contributed by atoms with Gasteiger partial charge in [0.15, 0.2) is 0 Å². The van der Waals surface area contributed by atoms with E-state index in [0.717, 1.165) is 22.4 Å². The SMILES string of the molecule is Cn1c(-c2ccc([P+](c3ccccc3)(c3ccccc3)c3ccccc3)cc2)nc2ccccc21. The summed E-state index contributed by atoms with van der Waals surface area (Å²) in [6.07, 6.45) is 0. The normalized spacial score (nSPS) is 11.6. The highest BCUT2D eigenvalue weighted by Crippen LogP contribution is 2.54. The molecule has 0 unspecified atom stereocenters. The second kappa shape index (κ2) is 8.98. The molecule has 0 aliphatic heterocycles. The van der Waals surface area contributed by atoms with E-state index in [-0.39, 0.29) is 0 Å². The summed E-state index contributed by atoms with van der Waals surface area (Å²) in [5, 5.41) is 5.40. The van der Waals surface area contributed by atoms with Gasteiger partial charge in [-0.3, -0.25) is 0 Å². The second-order valence-electron chi connectivity index (χ2n) is 8.71. The lowest BCUT2D eigenvalue weighted by molar-refractivity contribution is 0.959. The second-order valence-corrected chi connectivity index (χ2v) is 12.1. The van der Waals surface area contributed by atoms with Gasteiger partial charge >= 0.3 is 0 Å². The molecule has 3 heteroatoms. The largest absolute Gasteiger partial charge is 0.327 e. The summed E-state index contributed by atoms with van der Waals surface area (Å²) in [7, 11) is 0.00673. The van der Waals surface area contributed by atoms with E-state index >= 15 is 0 Å². The molecule has 0 bridgehead atoms. The van der Waals surface area contributed by atoms with E-state index in [0.29, 0.717) is 0 Å². The summed E-state index contributed by atoms with van der Waals surface area (Å²) < 4.78 is 2.18. The van der Waals surface area contributed by atoms with Crippen LogP contribution in [0.25, 0.3) is 22.4 Å². The maximum atomic E-state index is 4.92. The average Bonchev–Trinajstić information content (AvgIpc) is 3.28. The third kappa shape index (κ3) is 3.58. The van der Waals surface area contributed by atoms with E-state index in [2.05, 4.69) is 145 Å². The Labute approximate surface area is 206 Å². The van der Waals surface area contributed by atoms with Crippen molar-refractivity contribution in [3.05, 3.63) is 140 Å². The molecule has 0 saturated heterocycles. The molecular weight excluding hydrogens is 443 g/mol. The Bertz CT molecular complexity index is 1480. The van der Waals surface area contributed by atoms with Gasteiger partial charge in [0, 0.05) is 12.6 Å². The number of imidazole rings is 1. The topological polar surface area (TPSA) is 17.8 Å². The molecule has 0 aliphatic rings. The number of para-hydroxylation sites is 2. The van der Waals surface area contributed by atoms with E-state index < -0.39 is 7.26 Å². The van der Waals surface area contributed by atoms with Crippen molar-refractivity contribution in [1.29, 1.82) is 0 Å². The van der Waals surface area contributed by atoms with Crippen LogP contribution in [-0.4, -0.2) is 9.55 Å². The van der Waals surface area contributed by atoms with Gasteiger partial charge in [-0.2, -0.15) is 0 Å². The molecule has 5 aromatic carbocycles. The lowest BCUT2D eigenvalue weighted by atomic mass is 10.2. The summed E-state index contributed by atoms with van der Waals surface area (Å²) in [4.78, 5) is 4.92. The zero-order valence-electron chi connectivity index (χ0n) is 19.6. The van der Waals surface area contributed by atoms with Crippen molar-refractivity contribution >= 4 is 39.5 Å². The maximum Gasteiger partial charge on any atom is 0.144 e. The third-order valence-electron chi connectivity index (χ3n) is 6.73. The highest BCUT2D eigenvalue weighted by molar-refractivity contribution is 8.01. The molecular formula is C32H26N2P+. The first-order chi connectivity index (χ1) is 17.3. The lowest BCUT2D eigenvalue weighted by Crippen LogP contribution is -2.38. The fourth-order valence-electron chi connectivity index (χ4n) is 5.09. The number of benzene rings is 5. The van der Waals surface area contributed by atoms with Gasteiger partial charge in [-0.15, -0.1) is 0 Å². The van der Waals surface area contributed by atoms with Crippen molar-refractivity contribution in [3.63, 3.8) is 0 Å². The van der Waals surface area contributed by atoms with Gasteiger partial charge in [0.1, 0.15) is 34.3 Å². The first-order valence-corrected chi connectivity index (χ1v) is 13.7. The van der Waals surface area contributed by atoms with E-state index in [1.807, 2.05) is 6.07 Å². The minimum Gasteiger partial charge on any atom is -0.327 e. The zero-order chi connectivity index (χ0) is 23.7. The molecule has 168 valence electrons. The molecule has 0 radical (unpaired) electrons. The van der Waals surface area contributed by atoms with E-state index in [4.69, 9.17) is 4.98 Å². The lowest BCUT2D eigenvalue weighted by Gasteiger charge is -2.27. The van der Waals surface area contributed by atoms with E-state index in [9.17, 15) is 0 Å². The summed E-state index contributed by atoms with van der Waals surface area (Å²) in [5.74, 6) is 0.987. The van der Waals surface area contributed by atoms with Gasteiger partial charge in [0.25, 0.3) is 0 Å². The van der Waals surface area contributed by atoms with Crippen LogP contribution >= 0.6 is 7.26 Å². The summed E-state index contributed by atoms with van der Waals surface area (Å²) in [5.41, 5.74) is 3.29. The van der Waals surface area contributed by atoms with E-state index in [1.54, 1.807) is 0 Å². The predicted molar refractivity (Wildman–Crippen MR) is 151 cm³/mol. The minimum absolute atomic E-state index is 0.987. The molecule has 6 aromatic rings. The van der Waals surface area contributed by atoms with Crippen LogP contribution in [0.15, 0.2) is 140 Å². The summed E-state index contributed by atoms with van der Waals surface area (Å²) in [6.45, 7) is 0. The number of hydrogen-bond acceptors (Lipinski definition) is 1. The average molecular weight is 470 g/mol. The smallest absolute Gasteiger partial charge is 0.144 e. The molecule has 2 nitrogen and oxygen atoms in total. The Kier molecular flexibility index (Phi) is 5.52.